The van der Waals surface area contributed by atoms with E-state index in [1.165, 1.54) is 12.1 Å². The summed E-state index contributed by atoms with van der Waals surface area (Å²) in [6, 6.07) is 8.27. The molecule has 0 radical (unpaired) electrons. The van der Waals surface area contributed by atoms with E-state index in [1.807, 2.05) is 5.43 Å². The van der Waals surface area contributed by atoms with Crippen LogP contribution in [0.2, 0.25) is 10.0 Å². The minimum atomic E-state index is -1.61. The van der Waals surface area contributed by atoms with E-state index in [9.17, 15) is 19.2 Å². The van der Waals surface area contributed by atoms with Crippen molar-refractivity contribution in [1.29, 1.82) is 0 Å². The SMILES string of the molecule is Cc1cc(Cl)ccc1NC(=O)[C@@H]1C(=O)N(c2ccc(Cl)cc2C)C(=O)/C1=N/NC(N)=O. The molecule has 1 atom stereocenters. The van der Waals surface area contributed by atoms with E-state index in [0.717, 1.165) is 4.90 Å². The molecule has 0 aromatic heterocycles. The first-order valence-corrected chi connectivity index (χ1v) is 9.70. The fourth-order valence-corrected chi connectivity index (χ4v) is 3.57. The maximum Gasteiger partial charge on any atom is 0.332 e. The fraction of sp³-hybridized carbons (Fsp3) is 0.150. The predicted molar refractivity (Wildman–Crippen MR) is 117 cm³/mol. The van der Waals surface area contributed by atoms with Crippen LogP contribution in [0, 0.1) is 19.8 Å². The number of halogens is 2. The average molecular weight is 462 g/mol. The van der Waals surface area contributed by atoms with Gasteiger partial charge in [0.25, 0.3) is 11.8 Å². The van der Waals surface area contributed by atoms with Crippen LogP contribution in [-0.4, -0.2) is 29.5 Å². The molecule has 2 aromatic rings. The largest absolute Gasteiger partial charge is 0.350 e. The van der Waals surface area contributed by atoms with Gasteiger partial charge in [-0.25, -0.2) is 15.1 Å². The molecule has 31 heavy (non-hydrogen) atoms. The van der Waals surface area contributed by atoms with Crippen molar-refractivity contribution in [3.63, 3.8) is 0 Å². The number of amides is 5. The van der Waals surface area contributed by atoms with Gasteiger partial charge in [0.15, 0.2) is 5.92 Å². The minimum absolute atomic E-state index is 0.240. The highest BCUT2D eigenvalue weighted by atomic mass is 35.5. The Bertz CT molecular complexity index is 1150. The maximum atomic E-state index is 13.1. The number of hydrazone groups is 1. The van der Waals surface area contributed by atoms with E-state index < -0.39 is 35.4 Å². The lowest BCUT2D eigenvalue weighted by Crippen LogP contribution is -2.35. The summed E-state index contributed by atoms with van der Waals surface area (Å²) in [5.74, 6) is -4.10. The lowest BCUT2D eigenvalue weighted by molar-refractivity contribution is -0.127. The van der Waals surface area contributed by atoms with Gasteiger partial charge >= 0.3 is 6.03 Å². The molecule has 0 aliphatic carbocycles. The highest BCUT2D eigenvalue weighted by Crippen LogP contribution is 2.31. The molecule has 0 bridgehead atoms. The van der Waals surface area contributed by atoms with E-state index in [2.05, 4.69) is 10.4 Å². The molecule has 1 aliphatic heterocycles. The van der Waals surface area contributed by atoms with Crippen molar-refractivity contribution in [2.24, 2.45) is 16.8 Å². The summed E-state index contributed by atoms with van der Waals surface area (Å²) in [7, 11) is 0. The molecule has 9 nitrogen and oxygen atoms in total. The molecule has 0 unspecified atom stereocenters. The fourth-order valence-electron chi connectivity index (χ4n) is 3.12. The third-order valence-electron chi connectivity index (χ3n) is 4.56. The third kappa shape index (κ3) is 4.52. The normalized spacial score (nSPS) is 17.2. The quantitative estimate of drug-likeness (QED) is 0.366. The van der Waals surface area contributed by atoms with Crippen molar-refractivity contribution in [2.45, 2.75) is 13.8 Å². The molecule has 11 heteroatoms. The molecule has 1 fully saturated rings. The van der Waals surface area contributed by atoms with Gasteiger partial charge in [-0.05, 0) is 61.4 Å². The van der Waals surface area contributed by atoms with Crippen molar-refractivity contribution in [2.75, 3.05) is 10.2 Å². The Kier molecular flexibility index (Phi) is 6.28. The Balaban J connectivity index is 2.02. The lowest BCUT2D eigenvalue weighted by Gasteiger charge is -2.17. The number of rotatable bonds is 4. The maximum absolute atomic E-state index is 13.1. The molecule has 160 valence electrons. The molecule has 1 heterocycles. The van der Waals surface area contributed by atoms with Crippen LogP contribution in [0.1, 0.15) is 11.1 Å². The predicted octanol–water partition coefficient (Wildman–Crippen LogP) is 2.76. The van der Waals surface area contributed by atoms with Crippen LogP contribution in [0.3, 0.4) is 0 Å². The zero-order valence-corrected chi connectivity index (χ0v) is 17.9. The number of urea groups is 1. The second-order valence-corrected chi connectivity index (χ2v) is 7.64. The van der Waals surface area contributed by atoms with Gasteiger partial charge in [0, 0.05) is 15.7 Å². The van der Waals surface area contributed by atoms with Crippen LogP contribution < -0.4 is 21.4 Å². The second kappa shape index (κ2) is 8.75. The molecule has 0 spiro atoms. The Morgan fingerprint density at radius 2 is 1.65 bits per heavy atom. The van der Waals surface area contributed by atoms with Crippen molar-refractivity contribution >= 4 is 64.0 Å². The number of nitrogens with one attached hydrogen (secondary N) is 2. The van der Waals surface area contributed by atoms with E-state index in [1.54, 1.807) is 38.1 Å². The number of nitrogens with zero attached hydrogens (tertiary/aromatic N) is 2. The van der Waals surface area contributed by atoms with Crippen molar-refractivity contribution in [1.82, 2.24) is 5.43 Å². The van der Waals surface area contributed by atoms with Crippen molar-refractivity contribution < 1.29 is 19.2 Å². The summed E-state index contributed by atoms with van der Waals surface area (Å²) in [5.41, 5.74) is 8.29. The van der Waals surface area contributed by atoms with Gasteiger partial charge in [0.2, 0.25) is 5.91 Å². The standard InChI is InChI=1S/C20H17Cl2N5O4/c1-9-7-11(21)3-5-13(9)24-17(28)15-16(25-26-20(23)31)19(30)27(18(15)29)14-6-4-12(22)8-10(14)2/h3-8,15H,1-2H3,(H,24,28)(H3,23,26,31)/b25-16+/t15-/m1/s1. The Hall–Kier alpha value is -3.43. The highest BCUT2D eigenvalue weighted by Gasteiger charge is 2.50. The Labute approximate surface area is 187 Å². The molecular weight excluding hydrogens is 445 g/mol. The zero-order valence-electron chi connectivity index (χ0n) is 16.4. The van der Waals surface area contributed by atoms with Crippen LogP contribution >= 0.6 is 23.2 Å². The van der Waals surface area contributed by atoms with Crippen LogP contribution in [0.4, 0.5) is 16.2 Å². The molecule has 5 amide bonds. The first-order valence-electron chi connectivity index (χ1n) is 8.94. The number of benzene rings is 2. The van der Waals surface area contributed by atoms with Crippen molar-refractivity contribution in [3.05, 3.63) is 57.6 Å². The van der Waals surface area contributed by atoms with Gasteiger partial charge in [-0.1, -0.05) is 23.2 Å². The summed E-state index contributed by atoms with van der Waals surface area (Å²) in [4.78, 5) is 51.1. The topological polar surface area (TPSA) is 134 Å². The Morgan fingerprint density at radius 1 is 1.03 bits per heavy atom. The third-order valence-corrected chi connectivity index (χ3v) is 5.03. The number of hydrogen-bond acceptors (Lipinski definition) is 5. The van der Waals surface area contributed by atoms with Gasteiger partial charge in [0.1, 0.15) is 5.71 Å². The van der Waals surface area contributed by atoms with E-state index >= 15 is 0 Å². The van der Waals surface area contributed by atoms with Crippen molar-refractivity contribution in [3.8, 4) is 0 Å². The first-order chi connectivity index (χ1) is 14.6. The number of aryl methyl sites for hydroxylation is 2. The number of hydrogen-bond donors (Lipinski definition) is 3. The number of anilines is 2. The smallest absolute Gasteiger partial charge is 0.332 e. The highest BCUT2D eigenvalue weighted by molar-refractivity contribution is 6.61. The Morgan fingerprint density at radius 3 is 2.23 bits per heavy atom. The second-order valence-electron chi connectivity index (χ2n) is 6.76. The van der Waals surface area contributed by atoms with Gasteiger partial charge in [-0.2, -0.15) is 5.10 Å². The average Bonchev–Trinajstić information content (AvgIpc) is 2.92. The molecule has 4 N–H and O–H groups in total. The van der Waals surface area contributed by atoms with Crippen LogP contribution in [0.15, 0.2) is 41.5 Å². The summed E-state index contributed by atoms with van der Waals surface area (Å²) in [6.07, 6.45) is 0. The summed E-state index contributed by atoms with van der Waals surface area (Å²) in [5, 5.41) is 7.12. The monoisotopic (exact) mass is 461 g/mol. The van der Waals surface area contributed by atoms with Gasteiger partial charge in [0.05, 0.1) is 5.69 Å². The van der Waals surface area contributed by atoms with E-state index in [4.69, 9.17) is 28.9 Å². The number of carbonyl (C=O) groups excluding carboxylic acids is 4. The van der Waals surface area contributed by atoms with Crippen LogP contribution in [0.25, 0.3) is 0 Å². The number of imide groups is 1. The summed E-state index contributed by atoms with van der Waals surface area (Å²) in [6.45, 7) is 3.38. The first kappa shape index (κ1) is 22.3. The summed E-state index contributed by atoms with van der Waals surface area (Å²) >= 11 is 11.9. The molecular formula is C20H17Cl2N5O4. The minimum Gasteiger partial charge on any atom is -0.350 e. The zero-order chi connectivity index (χ0) is 22.9. The number of primary amides is 1. The van der Waals surface area contributed by atoms with E-state index in [0.29, 0.717) is 26.9 Å². The van der Waals surface area contributed by atoms with Crippen LogP contribution in [-0.2, 0) is 14.4 Å². The lowest BCUT2D eigenvalue weighted by atomic mass is 10.0. The molecule has 0 saturated carbocycles. The van der Waals surface area contributed by atoms with E-state index in [-0.39, 0.29) is 5.69 Å². The molecule has 1 aliphatic rings. The van der Waals surface area contributed by atoms with Gasteiger partial charge in [-0.15, -0.1) is 0 Å². The number of carbonyl (C=O) groups is 4. The molecule has 3 rings (SSSR count). The van der Waals surface area contributed by atoms with Gasteiger partial charge in [-0.3, -0.25) is 14.4 Å². The molecule has 1 saturated heterocycles. The molecule has 2 aromatic carbocycles. The van der Waals surface area contributed by atoms with Gasteiger partial charge < -0.3 is 11.1 Å². The van der Waals surface area contributed by atoms with Crippen LogP contribution in [0.5, 0.6) is 0 Å². The number of nitrogens with two attached hydrogens (primary N) is 1. The summed E-state index contributed by atoms with van der Waals surface area (Å²) < 4.78 is 0.